The van der Waals surface area contributed by atoms with Gasteiger partial charge in [0, 0.05) is 18.4 Å². The van der Waals surface area contributed by atoms with Crippen molar-refractivity contribution in [3.05, 3.63) is 109 Å². The summed E-state index contributed by atoms with van der Waals surface area (Å²) in [7, 11) is 2.12. The van der Waals surface area contributed by atoms with Crippen LogP contribution in [0.5, 0.6) is 0 Å². The van der Waals surface area contributed by atoms with E-state index >= 15 is 0 Å². The van der Waals surface area contributed by atoms with Gasteiger partial charge in [-0.3, -0.25) is 0 Å². The predicted molar refractivity (Wildman–Crippen MR) is 131 cm³/mol. The van der Waals surface area contributed by atoms with Gasteiger partial charge in [0.05, 0.1) is 0 Å². The summed E-state index contributed by atoms with van der Waals surface area (Å²) in [6, 6.07) is 37.0. The van der Waals surface area contributed by atoms with Crippen LogP contribution in [0, 0.1) is 0 Å². The Morgan fingerprint density at radius 1 is 0.467 bits per heavy atom. The summed E-state index contributed by atoms with van der Waals surface area (Å²) >= 11 is 0. The van der Waals surface area contributed by atoms with Crippen molar-refractivity contribution in [3.63, 3.8) is 0 Å². The van der Waals surface area contributed by atoms with E-state index in [0.29, 0.717) is 0 Å². The monoisotopic (exact) mass is 391 g/mol. The molecule has 0 fully saturated rings. The Morgan fingerprint density at radius 3 is 1.27 bits per heavy atom. The van der Waals surface area contributed by atoms with E-state index in [0.717, 1.165) is 0 Å². The fourth-order valence-electron chi connectivity index (χ4n) is 3.70. The van der Waals surface area contributed by atoms with Gasteiger partial charge >= 0.3 is 0 Å². The lowest BCUT2D eigenvalue weighted by Gasteiger charge is -2.23. The number of anilines is 2. The number of hydrogen-bond donors (Lipinski definition) is 0. The lowest BCUT2D eigenvalue weighted by Crippen LogP contribution is -2.12. The molecule has 0 heterocycles. The highest BCUT2D eigenvalue weighted by molar-refractivity contribution is 5.72. The smallest absolute Gasteiger partial charge is 0.0408 e. The Kier molecular flexibility index (Phi) is 5.46. The third-order valence-corrected chi connectivity index (χ3v) is 5.70. The molecule has 0 N–H and O–H groups in total. The van der Waals surface area contributed by atoms with E-state index in [1.807, 2.05) is 0 Å². The molecule has 30 heavy (non-hydrogen) atoms. The van der Waals surface area contributed by atoms with E-state index in [1.165, 1.54) is 39.2 Å². The molecule has 0 radical (unpaired) electrons. The lowest BCUT2D eigenvalue weighted by molar-refractivity contribution is 0.590. The van der Waals surface area contributed by atoms with Crippen molar-refractivity contribution in [1.29, 1.82) is 0 Å². The van der Waals surface area contributed by atoms with E-state index in [1.54, 1.807) is 0 Å². The van der Waals surface area contributed by atoms with Gasteiger partial charge in [0.25, 0.3) is 0 Å². The van der Waals surface area contributed by atoms with Gasteiger partial charge in [-0.05, 0) is 57.5 Å². The standard InChI is InChI=1S/C29H29N/c1-29(2,3)26-16-20-28(21-17-26)30(4)27-18-14-25(15-19-27)24-12-10-23(11-13-24)22-8-6-5-7-9-22/h5-21H,1-4H3. The summed E-state index contributed by atoms with van der Waals surface area (Å²) in [5.74, 6) is 0. The molecule has 0 unspecified atom stereocenters. The number of hydrogen-bond acceptors (Lipinski definition) is 1. The molecule has 0 spiro atoms. The Morgan fingerprint density at radius 2 is 0.833 bits per heavy atom. The zero-order valence-electron chi connectivity index (χ0n) is 18.3. The first kappa shape index (κ1) is 20.0. The molecule has 0 atom stereocenters. The molecule has 1 heteroatoms. The predicted octanol–water partition coefficient (Wildman–Crippen LogP) is 8.09. The SMILES string of the molecule is CN(c1ccc(-c2ccc(-c3ccccc3)cc2)cc1)c1ccc(C(C)(C)C)cc1. The molecule has 0 saturated carbocycles. The van der Waals surface area contributed by atoms with Crippen LogP contribution in [0.15, 0.2) is 103 Å². The van der Waals surface area contributed by atoms with Crippen LogP contribution >= 0.6 is 0 Å². The van der Waals surface area contributed by atoms with Crippen molar-refractivity contribution in [2.75, 3.05) is 11.9 Å². The van der Waals surface area contributed by atoms with Crippen LogP contribution in [0.3, 0.4) is 0 Å². The van der Waals surface area contributed by atoms with E-state index in [9.17, 15) is 0 Å². The quantitative estimate of drug-likeness (QED) is 0.340. The summed E-state index contributed by atoms with van der Waals surface area (Å²) in [5.41, 5.74) is 8.87. The molecule has 0 aromatic heterocycles. The lowest BCUT2D eigenvalue weighted by atomic mass is 9.87. The van der Waals surface area contributed by atoms with Crippen molar-refractivity contribution in [2.45, 2.75) is 26.2 Å². The van der Waals surface area contributed by atoms with Gasteiger partial charge in [-0.15, -0.1) is 0 Å². The largest absolute Gasteiger partial charge is 0.345 e. The van der Waals surface area contributed by atoms with Crippen molar-refractivity contribution in [1.82, 2.24) is 0 Å². The van der Waals surface area contributed by atoms with Gasteiger partial charge in [-0.1, -0.05) is 99.6 Å². The Hall–Kier alpha value is -3.32. The molecular formula is C29H29N. The normalized spacial score (nSPS) is 11.3. The van der Waals surface area contributed by atoms with E-state index in [4.69, 9.17) is 0 Å². The fourth-order valence-corrected chi connectivity index (χ4v) is 3.70. The molecule has 150 valence electrons. The molecule has 0 amide bonds. The minimum absolute atomic E-state index is 0.175. The van der Waals surface area contributed by atoms with Gasteiger partial charge in [0.15, 0.2) is 0 Å². The van der Waals surface area contributed by atoms with E-state index in [2.05, 4.69) is 136 Å². The number of rotatable bonds is 4. The second-order valence-corrected chi connectivity index (χ2v) is 8.85. The van der Waals surface area contributed by atoms with Crippen LogP contribution in [0.25, 0.3) is 22.3 Å². The van der Waals surface area contributed by atoms with Gasteiger partial charge < -0.3 is 4.90 Å². The highest BCUT2D eigenvalue weighted by atomic mass is 15.1. The van der Waals surface area contributed by atoms with Gasteiger partial charge in [0.1, 0.15) is 0 Å². The number of benzene rings is 4. The molecule has 0 saturated heterocycles. The zero-order chi connectivity index (χ0) is 21.1. The van der Waals surface area contributed by atoms with Crippen LogP contribution < -0.4 is 4.90 Å². The van der Waals surface area contributed by atoms with E-state index in [-0.39, 0.29) is 5.41 Å². The van der Waals surface area contributed by atoms with Gasteiger partial charge in [-0.2, -0.15) is 0 Å². The van der Waals surface area contributed by atoms with Crippen LogP contribution in [-0.2, 0) is 5.41 Å². The van der Waals surface area contributed by atoms with Crippen LogP contribution in [-0.4, -0.2) is 7.05 Å². The third-order valence-electron chi connectivity index (χ3n) is 5.70. The van der Waals surface area contributed by atoms with Crippen LogP contribution in [0.2, 0.25) is 0 Å². The molecule has 0 aliphatic heterocycles. The summed E-state index contributed by atoms with van der Waals surface area (Å²) in [6.45, 7) is 6.74. The zero-order valence-corrected chi connectivity index (χ0v) is 18.3. The first-order valence-electron chi connectivity index (χ1n) is 10.5. The summed E-state index contributed by atoms with van der Waals surface area (Å²) in [5, 5.41) is 0. The van der Waals surface area contributed by atoms with Crippen LogP contribution in [0.4, 0.5) is 11.4 Å². The average Bonchev–Trinajstić information content (AvgIpc) is 2.79. The maximum Gasteiger partial charge on any atom is 0.0408 e. The molecule has 4 aromatic carbocycles. The Balaban J connectivity index is 1.51. The molecule has 0 bridgehead atoms. The Bertz CT molecular complexity index is 1080. The number of nitrogens with zero attached hydrogens (tertiary/aromatic N) is 1. The van der Waals surface area contributed by atoms with Gasteiger partial charge in [-0.25, -0.2) is 0 Å². The Labute approximate surface area is 180 Å². The molecule has 0 aliphatic carbocycles. The second kappa shape index (κ2) is 8.20. The molecule has 1 nitrogen and oxygen atoms in total. The average molecular weight is 392 g/mol. The maximum atomic E-state index is 2.25. The highest BCUT2D eigenvalue weighted by Gasteiger charge is 2.13. The first-order chi connectivity index (χ1) is 14.4. The van der Waals surface area contributed by atoms with Crippen molar-refractivity contribution < 1.29 is 0 Å². The molecule has 0 aliphatic rings. The first-order valence-corrected chi connectivity index (χ1v) is 10.5. The molecule has 4 aromatic rings. The third kappa shape index (κ3) is 4.31. The fraction of sp³-hybridized carbons (Fsp3) is 0.172. The molecule has 4 rings (SSSR count). The van der Waals surface area contributed by atoms with Crippen molar-refractivity contribution in [2.24, 2.45) is 0 Å². The van der Waals surface area contributed by atoms with Crippen molar-refractivity contribution in [3.8, 4) is 22.3 Å². The van der Waals surface area contributed by atoms with Crippen molar-refractivity contribution >= 4 is 11.4 Å². The van der Waals surface area contributed by atoms with E-state index < -0.39 is 0 Å². The summed E-state index contributed by atoms with van der Waals surface area (Å²) in [6.07, 6.45) is 0. The summed E-state index contributed by atoms with van der Waals surface area (Å²) in [4.78, 5) is 2.23. The second-order valence-electron chi connectivity index (χ2n) is 8.85. The van der Waals surface area contributed by atoms with Gasteiger partial charge in [0.2, 0.25) is 0 Å². The maximum absolute atomic E-state index is 2.25. The highest BCUT2D eigenvalue weighted by Crippen LogP contribution is 2.30. The summed E-state index contributed by atoms with van der Waals surface area (Å²) < 4.78 is 0. The molecular weight excluding hydrogens is 362 g/mol. The van der Waals surface area contributed by atoms with Crippen LogP contribution in [0.1, 0.15) is 26.3 Å². The topological polar surface area (TPSA) is 3.24 Å². The minimum atomic E-state index is 0.175. The minimum Gasteiger partial charge on any atom is -0.345 e.